The lowest BCUT2D eigenvalue weighted by Crippen LogP contribution is -2.52. The lowest BCUT2D eigenvalue weighted by atomic mass is 9.52. The molecule has 7 rings (SSSR count). The minimum absolute atomic E-state index is 0.0708. The van der Waals surface area contributed by atoms with Crippen LogP contribution in [0.15, 0.2) is 43.0 Å². The van der Waals surface area contributed by atoms with Crippen LogP contribution in [0.5, 0.6) is 5.88 Å². The summed E-state index contributed by atoms with van der Waals surface area (Å²) in [5.74, 6) is 1.52. The smallest absolute Gasteiger partial charge is 0.231 e. The summed E-state index contributed by atoms with van der Waals surface area (Å²) in [7, 11) is 1.68. The Kier molecular flexibility index (Phi) is 7.85. The van der Waals surface area contributed by atoms with E-state index in [2.05, 4.69) is 49.2 Å². The first-order valence-electron chi connectivity index (χ1n) is 15.7. The molecule has 4 aliphatic carbocycles. The highest BCUT2D eigenvalue weighted by Crippen LogP contribution is 2.58. The molecular formula is C34H45N5O3. The number of rotatable bonds is 8. The van der Waals surface area contributed by atoms with Crippen LogP contribution in [0.3, 0.4) is 0 Å². The van der Waals surface area contributed by atoms with Gasteiger partial charge in [0.05, 0.1) is 19.4 Å². The van der Waals surface area contributed by atoms with Crippen LogP contribution < -0.4 is 9.64 Å². The fraction of sp³-hybridized carbons (Fsp3) is 0.588. The molecule has 3 aromatic rings. The maximum atomic E-state index is 14.2. The average molecular weight is 572 g/mol. The lowest BCUT2D eigenvalue weighted by Gasteiger charge is -2.55. The van der Waals surface area contributed by atoms with Gasteiger partial charge in [0.25, 0.3) is 0 Å². The third kappa shape index (κ3) is 5.46. The molecule has 2 bridgehead atoms. The molecular weight excluding hydrogens is 526 g/mol. The first-order valence-corrected chi connectivity index (χ1v) is 15.7. The van der Waals surface area contributed by atoms with Crippen molar-refractivity contribution in [2.24, 2.45) is 11.3 Å². The van der Waals surface area contributed by atoms with E-state index in [4.69, 9.17) is 9.72 Å². The van der Waals surface area contributed by atoms with E-state index < -0.39 is 0 Å². The molecule has 0 radical (unpaired) electrons. The number of anilines is 1. The van der Waals surface area contributed by atoms with E-state index in [0.29, 0.717) is 25.3 Å². The summed E-state index contributed by atoms with van der Waals surface area (Å²) in [6, 6.07) is 6.62. The van der Waals surface area contributed by atoms with Crippen LogP contribution in [-0.4, -0.2) is 50.5 Å². The number of aryl methyl sites for hydroxylation is 1. The zero-order valence-electron chi connectivity index (χ0n) is 25.6. The third-order valence-corrected chi connectivity index (χ3v) is 10.5. The Morgan fingerprint density at radius 2 is 1.76 bits per heavy atom. The number of carbonyl (C=O) groups excluding carboxylic acids is 1. The van der Waals surface area contributed by atoms with Crippen LogP contribution in [-0.2, 0) is 10.2 Å². The molecule has 8 heteroatoms. The second-order valence-electron chi connectivity index (χ2n) is 13.5. The number of ether oxygens (including phenoxy) is 1. The minimum Gasteiger partial charge on any atom is -0.481 e. The van der Waals surface area contributed by atoms with Crippen molar-refractivity contribution in [3.05, 3.63) is 54.1 Å². The van der Waals surface area contributed by atoms with Gasteiger partial charge in [0.2, 0.25) is 11.8 Å². The molecule has 0 atom stereocenters. The number of aromatic nitrogens is 4. The Bertz CT molecular complexity index is 1400. The predicted molar refractivity (Wildman–Crippen MR) is 163 cm³/mol. The van der Waals surface area contributed by atoms with Crippen molar-refractivity contribution >= 4 is 11.7 Å². The van der Waals surface area contributed by atoms with Gasteiger partial charge >= 0.3 is 0 Å². The Balaban J connectivity index is 1.27. The van der Waals surface area contributed by atoms with Gasteiger partial charge in [-0.25, -0.2) is 9.97 Å². The van der Waals surface area contributed by atoms with Crippen LogP contribution in [0.4, 0.5) is 5.82 Å². The van der Waals surface area contributed by atoms with E-state index in [0.717, 1.165) is 73.9 Å². The van der Waals surface area contributed by atoms with E-state index in [1.54, 1.807) is 7.11 Å². The minimum atomic E-state index is -0.291. The molecule has 42 heavy (non-hydrogen) atoms. The Morgan fingerprint density at radius 3 is 2.38 bits per heavy atom. The van der Waals surface area contributed by atoms with E-state index in [9.17, 15) is 9.90 Å². The molecule has 0 unspecified atom stereocenters. The number of nitrogens with zero attached hydrogens (tertiary/aromatic N) is 5. The maximum absolute atomic E-state index is 14.2. The second-order valence-corrected chi connectivity index (χ2v) is 13.5. The number of carbonyl (C=O) groups is 1. The van der Waals surface area contributed by atoms with Crippen LogP contribution in [0.1, 0.15) is 95.2 Å². The molecule has 0 aliphatic heterocycles. The Labute approximate surface area is 249 Å². The maximum Gasteiger partial charge on any atom is 0.231 e. The number of fused-ring (bicyclic) bond motifs is 3. The highest BCUT2D eigenvalue weighted by Gasteiger charge is 2.51. The van der Waals surface area contributed by atoms with Crippen molar-refractivity contribution in [2.75, 3.05) is 18.6 Å². The average Bonchev–Trinajstić information content (AvgIpc) is 3.52. The van der Waals surface area contributed by atoms with Gasteiger partial charge < -0.3 is 9.84 Å². The van der Waals surface area contributed by atoms with Gasteiger partial charge in [0.1, 0.15) is 5.82 Å². The number of aliphatic hydroxyl groups is 1. The first-order chi connectivity index (χ1) is 20.2. The number of hydrogen-bond donors (Lipinski definition) is 1. The van der Waals surface area contributed by atoms with Gasteiger partial charge in [-0.2, -0.15) is 5.10 Å². The standard InChI is InChI=1S/C34H45N5O3/c1-23(2)39-21-27(19-37-39)26-9-16-35-30(18-26)38(32(41)25-5-7-29(40)8-6-25)22-33-10-13-34(14-11-33,15-12-33)28-17-24(3)31(42-4)36-20-28/h9,16-21,23,25,29,40H,5-8,10-15,22H2,1-4H3. The van der Waals surface area contributed by atoms with Crippen molar-refractivity contribution in [2.45, 2.75) is 103 Å². The summed E-state index contributed by atoms with van der Waals surface area (Å²) in [4.78, 5) is 25.6. The summed E-state index contributed by atoms with van der Waals surface area (Å²) in [6.45, 7) is 7.00. The van der Waals surface area contributed by atoms with Gasteiger partial charge in [0.15, 0.2) is 0 Å². The van der Waals surface area contributed by atoms with Crippen LogP contribution >= 0.6 is 0 Å². The quantitative estimate of drug-likeness (QED) is 0.336. The van der Waals surface area contributed by atoms with Crippen molar-refractivity contribution in [3.8, 4) is 17.0 Å². The summed E-state index contributed by atoms with van der Waals surface area (Å²) >= 11 is 0. The van der Waals surface area contributed by atoms with Gasteiger partial charge in [-0.05, 0) is 125 Å². The molecule has 4 fully saturated rings. The Hall–Kier alpha value is -3.26. The van der Waals surface area contributed by atoms with Gasteiger partial charge in [-0.3, -0.25) is 14.4 Å². The summed E-state index contributed by atoms with van der Waals surface area (Å²) in [5, 5.41) is 14.7. The third-order valence-electron chi connectivity index (χ3n) is 10.5. The van der Waals surface area contributed by atoms with Crippen molar-refractivity contribution in [3.63, 3.8) is 0 Å². The highest BCUT2D eigenvalue weighted by atomic mass is 16.5. The second kappa shape index (κ2) is 11.4. The number of aliphatic hydroxyl groups excluding tert-OH is 1. The molecule has 0 spiro atoms. The molecule has 1 N–H and O–H groups in total. The van der Waals surface area contributed by atoms with Gasteiger partial charge in [-0.1, -0.05) is 0 Å². The molecule has 0 saturated heterocycles. The largest absolute Gasteiger partial charge is 0.481 e. The molecule has 4 aliphatic rings. The van der Waals surface area contributed by atoms with Crippen molar-refractivity contribution in [1.82, 2.24) is 19.7 Å². The van der Waals surface area contributed by atoms with E-state index >= 15 is 0 Å². The van der Waals surface area contributed by atoms with Crippen LogP contribution in [0, 0.1) is 18.3 Å². The summed E-state index contributed by atoms with van der Waals surface area (Å²) < 4.78 is 7.38. The van der Waals surface area contributed by atoms with Crippen molar-refractivity contribution in [1.29, 1.82) is 0 Å². The van der Waals surface area contributed by atoms with Crippen LogP contribution in [0.25, 0.3) is 11.1 Å². The SMILES string of the molecule is COc1ncc(C23CCC(CN(C(=O)C4CCC(O)CC4)c4cc(-c5cnn(C(C)C)c5)ccn4)(CC2)CC3)cc1C. The number of amides is 1. The number of methoxy groups -OCH3 is 1. The molecule has 3 aromatic heterocycles. The molecule has 4 saturated carbocycles. The molecule has 0 aromatic carbocycles. The molecule has 3 heterocycles. The van der Waals surface area contributed by atoms with Crippen LogP contribution in [0.2, 0.25) is 0 Å². The van der Waals surface area contributed by atoms with Gasteiger partial charge in [-0.15, -0.1) is 0 Å². The predicted octanol–water partition coefficient (Wildman–Crippen LogP) is 6.41. The van der Waals surface area contributed by atoms with E-state index in [1.807, 2.05) is 34.2 Å². The first kappa shape index (κ1) is 28.8. The Morgan fingerprint density at radius 1 is 1.05 bits per heavy atom. The number of hydrogen-bond acceptors (Lipinski definition) is 6. The van der Waals surface area contributed by atoms with E-state index in [1.165, 1.54) is 5.56 Å². The topological polar surface area (TPSA) is 93.4 Å². The fourth-order valence-electron chi connectivity index (χ4n) is 7.66. The summed E-state index contributed by atoms with van der Waals surface area (Å²) in [6.07, 6.45) is 17.0. The van der Waals surface area contributed by atoms with Crippen molar-refractivity contribution < 1.29 is 14.6 Å². The fourth-order valence-corrected chi connectivity index (χ4v) is 7.66. The summed E-state index contributed by atoms with van der Waals surface area (Å²) in [5.41, 5.74) is 4.72. The lowest BCUT2D eigenvalue weighted by molar-refractivity contribution is -0.124. The monoisotopic (exact) mass is 571 g/mol. The molecule has 8 nitrogen and oxygen atoms in total. The zero-order chi connectivity index (χ0) is 29.5. The molecule has 224 valence electrons. The highest BCUT2D eigenvalue weighted by molar-refractivity contribution is 5.95. The normalized spacial score (nSPS) is 27.3. The zero-order valence-corrected chi connectivity index (χ0v) is 25.6. The van der Waals surface area contributed by atoms with E-state index in [-0.39, 0.29) is 34.8 Å². The number of pyridine rings is 2. The van der Waals surface area contributed by atoms with Gasteiger partial charge in [0, 0.05) is 48.2 Å². The molecule has 1 amide bonds.